The Labute approximate surface area is 256 Å². The summed E-state index contributed by atoms with van der Waals surface area (Å²) in [6.45, 7) is 0. The molecule has 9 aromatic rings. The normalized spacial score (nSPS) is 13.3. The summed E-state index contributed by atoms with van der Waals surface area (Å²) in [6.07, 6.45) is 0. The molecule has 9 rings (SSSR count). The third-order valence-electron chi connectivity index (χ3n) is 8.57. The van der Waals surface area contributed by atoms with Crippen molar-refractivity contribution in [3.05, 3.63) is 158 Å². The molecule has 0 radical (unpaired) electrons. The molecule has 200 valence electrons. The summed E-state index contributed by atoms with van der Waals surface area (Å²) in [4.78, 5) is 0. The van der Waals surface area contributed by atoms with Gasteiger partial charge in [0.1, 0.15) is 11.2 Å². The highest BCUT2D eigenvalue weighted by Gasteiger charge is 2.19. The lowest BCUT2D eigenvalue weighted by Crippen LogP contribution is -1.92. The average molecular weight is 552 g/mol. The van der Waals surface area contributed by atoms with Crippen LogP contribution in [0.15, 0.2) is 162 Å². The number of hydrogen-bond acceptors (Lipinski definition) is 1. The first kappa shape index (κ1) is 19.5. The van der Waals surface area contributed by atoms with Crippen LogP contribution in [-0.2, 0) is 0 Å². The molecular weight excluding hydrogens is 520 g/mol. The fourth-order valence-corrected chi connectivity index (χ4v) is 6.82. The molecule has 0 bridgehead atoms. The van der Waals surface area contributed by atoms with Crippen LogP contribution in [0.5, 0.6) is 0 Å². The van der Waals surface area contributed by atoms with Crippen molar-refractivity contribution in [3.63, 3.8) is 0 Å². The molecule has 1 heteroatoms. The number of para-hydroxylation sites is 1. The van der Waals surface area contributed by atoms with Crippen molar-refractivity contribution in [2.75, 3.05) is 0 Å². The number of benzene rings is 8. The Morgan fingerprint density at radius 1 is 0.372 bits per heavy atom. The van der Waals surface area contributed by atoms with Crippen molar-refractivity contribution in [1.82, 2.24) is 0 Å². The number of rotatable bonds is 3. The molecule has 1 aromatic heterocycles. The zero-order valence-corrected chi connectivity index (χ0v) is 23.0. The lowest BCUT2D eigenvalue weighted by atomic mass is 9.84. The van der Waals surface area contributed by atoms with E-state index in [1.54, 1.807) is 0 Å². The highest BCUT2D eigenvalue weighted by atomic mass is 16.3. The van der Waals surface area contributed by atoms with Crippen LogP contribution in [0.3, 0.4) is 0 Å². The summed E-state index contributed by atoms with van der Waals surface area (Å²) in [7, 11) is 0. The largest absolute Gasteiger partial charge is 0.456 e. The molecular formula is C42H26O. The first-order valence-electron chi connectivity index (χ1n) is 16.9. The highest BCUT2D eigenvalue weighted by Crippen LogP contribution is 2.46. The van der Waals surface area contributed by atoms with Gasteiger partial charge in [0.2, 0.25) is 0 Å². The van der Waals surface area contributed by atoms with Gasteiger partial charge in [0, 0.05) is 10.8 Å². The van der Waals surface area contributed by atoms with Gasteiger partial charge in [-0.25, -0.2) is 0 Å². The summed E-state index contributed by atoms with van der Waals surface area (Å²) in [6, 6.07) is 41.7. The Morgan fingerprint density at radius 2 is 0.860 bits per heavy atom. The van der Waals surface area contributed by atoms with Crippen LogP contribution in [-0.4, -0.2) is 0 Å². The van der Waals surface area contributed by atoms with E-state index >= 15 is 0 Å². The minimum atomic E-state index is -0.398. The van der Waals surface area contributed by atoms with E-state index in [-0.39, 0.29) is 29.7 Å². The van der Waals surface area contributed by atoms with Crippen molar-refractivity contribution in [3.8, 4) is 33.4 Å². The molecule has 1 heterocycles. The Bertz CT molecular complexity index is 2710. The molecule has 0 aliphatic rings. The molecule has 0 fully saturated rings. The van der Waals surface area contributed by atoms with E-state index in [1.165, 1.54) is 0 Å². The average Bonchev–Trinajstić information content (AvgIpc) is 3.52. The van der Waals surface area contributed by atoms with E-state index in [9.17, 15) is 0 Å². The second-order valence-corrected chi connectivity index (χ2v) is 10.8. The van der Waals surface area contributed by atoms with Crippen LogP contribution in [0.2, 0.25) is 0 Å². The lowest BCUT2D eigenvalue weighted by Gasteiger charge is -2.19. The van der Waals surface area contributed by atoms with Gasteiger partial charge in [0.05, 0.1) is 6.85 Å². The van der Waals surface area contributed by atoms with Crippen LogP contribution in [0.1, 0.15) is 6.85 Å². The van der Waals surface area contributed by atoms with E-state index in [4.69, 9.17) is 11.3 Å². The van der Waals surface area contributed by atoms with E-state index < -0.39 is 6.04 Å². The predicted octanol–water partition coefficient (Wildman–Crippen LogP) is 12.0. The van der Waals surface area contributed by atoms with E-state index in [2.05, 4.69) is 60.7 Å². The third kappa shape index (κ3) is 3.58. The van der Waals surface area contributed by atoms with E-state index in [0.29, 0.717) is 5.56 Å². The van der Waals surface area contributed by atoms with E-state index in [1.807, 2.05) is 66.7 Å². The summed E-state index contributed by atoms with van der Waals surface area (Å²) in [5.41, 5.74) is 6.86. The smallest absolute Gasteiger partial charge is 0.136 e. The molecule has 0 atom stereocenters. The monoisotopic (exact) mass is 551 g/mol. The lowest BCUT2D eigenvalue weighted by molar-refractivity contribution is 0.669. The first-order chi connectivity index (χ1) is 23.4. The maximum absolute atomic E-state index is 8.87. The maximum atomic E-state index is 8.87. The topological polar surface area (TPSA) is 13.1 Å². The Kier molecular flexibility index (Phi) is 4.27. The minimum absolute atomic E-state index is 0.209. The van der Waals surface area contributed by atoms with Gasteiger partial charge in [-0.05, 0) is 77.8 Å². The fraction of sp³-hybridized carbons (Fsp3) is 0. The molecule has 0 N–H and O–H groups in total. The Morgan fingerprint density at radius 3 is 1.56 bits per heavy atom. The molecule has 1 nitrogen and oxygen atoms in total. The molecule has 0 spiro atoms. The van der Waals surface area contributed by atoms with Crippen molar-refractivity contribution in [2.45, 2.75) is 0 Å². The van der Waals surface area contributed by atoms with Crippen LogP contribution in [0, 0.1) is 0 Å². The number of hydrogen-bond donors (Lipinski definition) is 0. The first-order valence-corrected chi connectivity index (χ1v) is 14.4. The molecule has 8 aromatic carbocycles. The van der Waals surface area contributed by atoms with Gasteiger partial charge < -0.3 is 4.42 Å². The van der Waals surface area contributed by atoms with Gasteiger partial charge in [-0.3, -0.25) is 0 Å². The van der Waals surface area contributed by atoms with Crippen molar-refractivity contribution in [2.24, 2.45) is 0 Å². The maximum Gasteiger partial charge on any atom is 0.136 e. The zero-order chi connectivity index (χ0) is 32.7. The molecule has 0 unspecified atom stereocenters. The van der Waals surface area contributed by atoms with Crippen molar-refractivity contribution >= 4 is 54.3 Å². The third-order valence-corrected chi connectivity index (χ3v) is 8.57. The van der Waals surface area contributed by atoms with E-state index in [0.717, 1.165) is 76.5 Å². The molecule has 43 heavy (non-hydrogen) atoms. The van der Waals surface area contributed by atoms with Crippen LogP contribution in [0.4, 0.5) is 0 Å². The molecule has 0 amide bonds. The standard InChI is InChI=1S/C42H26O/c1-2-13-27(14-3-1)40-33-15-4-6-17-35(33)41(36-18-7-5-16-34(36)40)31-23-11-20-28-29(31)21-10-22-30(28)32-24-12-26-39-42(32)37-19-8-9-25-38(37)43-39/h1-26H/i1D,2D,3D,13D,14D. The summed E-state index contributed by atoms with van der Waals surface area (Å²) >= 11 is 0. The molecule has 0 aliphatic heterocycles. The predicted molar refractivity (Wildman–Crippen MR) is 183 cm³/mol. The molecule has 0 aliphatic carbocycles. The minimum Gasteiger partial charge on any atom is -0.456 e. The quantitative estimate of drug-likeness (QED) is 0.199. The number of fused-ring (bicyclic) bond motifs is 6. The fourth-order valence-electron chi connectivity index (χ4n) is 6.82. The molecule has 0 saturated heterocycles. The van der Waals surface area contributed by atoms with Crippen LogP contribution in [0.25, 0.3) is 87.6 Å². The Hall–Kier alpha value is -5.66. The van der Waals surface area contributed by atoms with Crippen molar-refractivity contribution in [1.29, 1.82) is 0 Å². The second kappa shape index (κ2) is 9.44. The van der Waals surface area contributed by atoms with Gasteiger partial charge >= 0.3 is 0 Å². The summed E-state index contributed by atoms with van der Waals surface area (Å²) < 4.78 is 49.0. The van der Waals surface area contributed by atoms with Gasteiger partial charge in [-0.15, -0.1) is 0 Å². The van der Waals surface area contributed by atoms with Gasteiger partial charge in [-0.2, -0.15) is 0 Å². The number of furan rings is 1. The van der Waals surface area contributed by atoms with Gasteiger partial charge in [0.25, 0.3) is 0 Å². The zero-order valence-electron chi connectivity index (χ0n) is 28.0. The summed E-state index contributed by atoms with van der Waals surface area (Å²) in [5, 5.41) is 7.90. The summed E-state index contributed by atoms with van der Waals surface area (Å²) in [5.74, 6) is 0. The molecule has 0 saturated carbocycles. The second-order valence-electron chi connectivity index (χ2n) is 10.8. The van der Waals surface area contributed by atoms with Crippen molar-refractivity contribution < 1.29 is 11.3 Å². The van der Waals surface area contributed by atoms with Gasteiger partial charge in [0.15, 0.2) is 0 Å². The SMILES string of the molecule is [2H]c1c([2H])c([2H])c(-c2c3ccccc3c(-c3cccc4c(-c5cccc6oc7ccccc7c56)cccc34)c3ccccc23)c([2H])c1[2H]. The van der Waals surface area contributed by atoms with Crippen LogP contribution < -0.4 is 0 Å². The highest BCUT2D eigenvalue weighted by molar-refractivity contribution is 6.24. The van der Waals surface area contributed by atoms with Crippen LogP contribution >= 0.6 is 0 Å². The van der Waals surface area contributed by atoms with Gasteiger partial charge in [-0.1, -0.05) is 145 Å². The Balaban J connectivity index is 1.39.